The van der Waals surface area contributed by atoms with E-state index in [0.717, 1.165) is 25.5 Å². The van der Waals surface area contributed by atoms with E-state index in [9.17, 15) is 9.59 Å². The molecule has 0 bridgehead atoms. The fourth-order valence-corrected chi connectivity index (χ4v) is 1.97. The van der Waals surface area contributed by atoms with E-state index in [4.69, 9.17) is 9.84 Å². The van der Waals surface area contributed by atoms with E-state index in [2.05, 4.69) is 13.8 Å². The Morgan fingerprint density at radius 2 is 2.10 bits per heavy atom. The van der Waals surface area contributed by atoms with Crippen LogP contribution in [0.5, 0.6) is 0 Å². The van der Waals surface area contributed by atoms with Gasteiger partial charge in [0.15, 0.2) is 0 Å². The van der Waals surface area contributed by atoms with Crippen molar-refractivity contribution >= 4 is 12.3 Å². The molecule has 0 aliphatic rings. The Kier molecular flexibility index (Phi) is 12.4. The highest BCUT2D eigenvalue weighted by atomic mass is 16.5. The number of nitrogens with zero attached hydrogens (tertiary/aromatic N) is 1. The molecule has 0 saturated carbocycles. The highest BCUT2D eigenvalue weighted by Crippen LogP contribution is 2.13. The van der Waals surface area contributed by atoms with Crippen molar-refractivity contribution in [3.8, 4) is 0 Å². The Morgan fingerprint density at radius 3 is 2.65 bits per heavy atom. The molecule has 1 atom stereocenters. The number of ether oxygens (including phenoxy) is 1. The van der Waals surface area contributed by atoms with Gasteiger partial charge in [0.1, 0.15) is 6.29 Å². The maximum absolute atomic E-state index is 11.7. The predicted molar refractivity (Wildman–Crippen MR) is 78.5 cm³/mol. The summed E-state index contributed by atoms with van der Waals surface area (Å²) in [6.07, 6.45) is 5.49. The maximum Gasteiger partial charge on any atom is 0.307 e. The largest absolute Gasteiger partial charge is 0.465 e. The van der Waals surface area contributed by atoms with Crippen LogP contribution in [0.4, 0.5) is 0 Å². The molecule has 0 aromatic carbocycles. The number of hydrogen-bond acceptors (Lipinski definition) is 5. The van der Waals surface area contributed by atoms with Crippen LogP contribution in [0.15, 0.2) is 0 Å². The molecule has 0 rings (SSSR count). The minimum atomic E-state index is -0.228. The molecule has 0 aliphatic heterocycles. The number of esters is 1. The van der Waals surface area contributed by atoms with Gasteiger partial charge in [0, 0.05) is 13.1 Å². The zero-order valence-electron chi connectivity index (χ0n) is 12.8. The second kappa shape index (κ2) is 13.1. The molecule has 0 amide bonds. The van der Waals surface area contributed by atoms with E-state index in [-0.39, 0.29) is 25.5 Å². The molecule has 118 valence electrons. The summed E-state index contributed by atoms with van der Waals surface area (Å²) in [7, 11) is 0. The quantitative estimate of drug-likeness (QED) is 0.412. The van der Waals surface area contributed by atoms with Gasteiger partial charge in [0.25, 0.3) is 0 Å². The second-order valence-corrected chi connectivity index (χ2v) is 5.04. The summed E-state index contributed by atoms with van der Waals surface area (Å²) in [5.74, 6) is 0.219. The fourth-order valence-electron chi connectivity index (χ4n) is 1.97. The molecule has 5 heteroatoms. The van der Waals surface area contributed by atoms with Crippen molar-refractivity contribution < 1.29 is 19.4 Å². The van der Waals surface area contributed by atoms with Gasteiger partial charge in [0.2, 0.25) is 0 Å². The second-order valence-electron chi connectivity index (χ2n) is 5.04. The number of carbonyl (C=O) groups excluding carboxylic acids is 2. The Balaban J connectivity index is 3.87. The van der Waals surface area contributed by atoms with Crippen molar-refractivity contribution in [2.24, 2.45) is 5.92 Å². The minimum Gasteiger partial charge on any atom is -0.465 e. The number of aldehydes is 1. The van der Waals surface area contributed by atoms with E-state index >= 15 is 0 Å². The predicted octanol–water partition coefficient (Wildman–Crippen LogP) is 1.63. The lowest BCUT2D eigenvalue weighted by Gasteiger charge is -2.18. The standard InChI is InChI=1S/C15H29NO4/c1-3-5-6-14(4-2)13-20-15(19)7-8-16(9-11-17)10-12-18/h11,14,18H,3-10,12-13H2,1-2H3. The molecule has 0 aromatic rings. The molecule has 20 heavy (non-hydrogen) atoms. The van der Waals surface area contributed by atoms with E-state index in [1.165, 1.54) is 6.42 Å². The molecule has 5 nitrogen and oxygen atoms in total. The van der Waals surface area contributed by atoms with Gasteiger partial charge in [0.05, 0.1) is 26.2 Å². The Labute approximate surface area is 122 Å². The van der Waals surface area contributed by atoms with Crippen molar-refractivity contribution in [2.45, 2.75) is 46.0 Å². The Morgan fingerprint density at radius 1 is 1.35 bits per heavy atom. The first-order valence-electron chi connectivity index (χ1n) is 7.60. The van der Waals surface area contributed by atoms with Crippen LogP contribution in [-0.2, 0) is 14.3 Å². The third-order valence-electron chi connectivity index (χ3n) is 3.40. The van der Waals surface area contributed by atoms with Crippen molar-refractivity contribution in [1.29, 1.82) is 0 Å². The lowest BCUT2D eigenvalue weighted by molar-refractivity contribution is -0.145. The SMILES string of the molecule is CCCCC(CC)COC(=O)CCN(CC=O)CCO. The average molecular weight is 287 g/mol. The van der Waals surface area contributed by atoms with Gasteiger partial charge in [-0.15, -0.1) is 0 Å². The van der Waals surface area contributed by atoms with Gasteiger partial charge >= 0.3 is 5.97 Å². The van der Waals surface area contributed by atoms with Crippen LogP contribution in [0.25, 0.3) is 0 Å². The number of hydrogen-bond donors (Lipinski definition) is 1. The lowest BCUT2D eigenvalue weighted by atomic mass is 10.0. The van der Waals surface area contributed by atoms with Gasteiger partial charge in [-0.3, -0.25) is 9.69 Å². The summed E-state index contributed by atoms with van der Waals surface area (Å²) >= 11 is 0. The molecule has 0 saturated heterocycles. The van der Waals surface area contributed by atoms with Crippen LogP contribution < -0.4 is 0 Å². The highest BCUT2D eigenvalue weighted by molar-refractivity contribution is 5.69. The molecule has 0 fully saturated rings. The normalized spacial score (nSPS) is 12.4. The van der Waals surface area contributed by atoms with Crippen LogP contribution in [0.2, 0.25) is 0 Å². The summed E-state index contributed by atoms with van der Waals surface area (Å²) in [5.41, 5.74) is 0. The molecular formula is C15H29NO4. The highest BCUT2D eigenvalue weighted by Gasteiger charge is 2.11. The van der Waals surface area contributed by atoms with Gasteiger partial charge in [-0.2, -0.15) is 0 Å². The first-order valence-corrected chi connectivity index (χ1v) is 7.60. The van der Waals surface area contributed by atoms with Crippen LogP contribution in [0.1, 0.15) is 46.0 Å². The lowest BCUT2D eigenvalue weighted by Crippen LogP contribution is -2.31. The van der Waals surface area contributed by atoms with Gasteiger partial charge < -0.3 is 14.6 Å². The van der Waals surface area contributed by atoms with E-state index in [1.54, 1.807) is 4.90 Å². The summed E-state index contributed by atoms with van der Waals surface area (Å²) in [4.78, 5) is 23.8. The van der Waals surface area contributed by atoms with Crippen LogP contribution in [0.3, 0.4) is 0 Å². The minimum absolute atomic E-state index is 0.0161. The Hall–Kier alpha value is -0.940. The first kappa shape index (κ1) is 19.1. The number of unbranched alkanes of at least 4 members (excludes halogenated alkanes) is 1. The van der Waals surface area contributed by atoms with Gasteiger partial charge in [-0.1, -0.05) is 33.1 Å². The molecule has 0 spiro atoms. The van der Waals surface area contributed by atoms with Gasteiger partial charge in [-0.25, -0.2) is 0 Å². The number of rotatable bonds is 13. The van der Waals surface area contributed by atoms with Crippen molar-refractivity contribution in [2.75, 3.05) is 32.8 Å². The smallest absolute Gasteiger partial charge is 0.307 e. The van der Waals surface area contributed by atoms with Crippen molar-refractivity contribution in [1.82, 2.24) is 4.90 Å². The summed E-state index contributed by atoms with van der Waals surface area (Å²) in [6, 6.07) is 0. The number of aliphatic hydroxyl groups is 1. The third kappa shape index (κ3) is 9.92. The molecule has 0 aliphatic carbocycles. The van der Waals surface area contributed by atoms with E-state index in [1.807, 2.05) is 0 Å². The molecule has 1 unspecified atom stereocenters. The van der Waals surface area contributed by atoms with Gasteiger partial charge in [-0.05, 0) is 12.3 Å². The summed E-state index contributed by atoms with van der Waals surface area (Å²) < 4.78 is 5.28. The molecule has 0 aromatic heterocycles. The molecular weight excluding hydrogens is 258 g/mol. The third-order valence-corrected chi connectivity index (χ3v) is 3.40. The number of aliphatic hydroxyl groups excluding tert-OH is 1. The summed E-state index contributed by atoms with van der Waals surface area (Å²) in [6.45, 7) is 5.83. The van der Waals surface area contributed by atoms with Crippen molar-refractivity contribution in [3.05, 3.63) is 0 Å². The molecule has 0 radical (unpaired) electrons. The Bertz CT molecular complexity index is 258. The molecule has 0 heterocycles. The van der Waals surface area contributed by atoms with E-state index < -0.39 is 0 Å². The topological polar surface area (TPSA) is 66.8 Å². The van der Waals surface area contributed by atoms with Crippen LogP contribution >= 0.6 is 0 Å². The summed E-state index contributed by atoms with van der Waals surface area (Å²) in [5, 5.41) is 8.85. The molecule has 1 N–H and O–H groups in total. The first-order chi connectivity index (χ1) is 9.67. The zero-order valence-corrected chi connectivity index (χ0v) is 12.8. The average Bonchev–Trinajstić information content (AvgIpc) is 2.45. The van der Waals surface area contributed by atoms with E-state index in [0.29, 0.717) is 25.6 Å². The van der Waals surface area contributed by atoms with Crippen LogP contribution in [-0.4, -0.2) is 55.1 Å². The zero-order chi connectivity index (χ0) is 15.2. The number of carbonyl (C=O) groups is 2. The van der Waals surface area contributed by atoms with Crippen LogP contribution in [0, 0.1) is 5.92 Å². The van der Waals surface area contributed by atoms with Crippen molar-refractivity contribution in [3.63, 3.8) is 0 Å². The monoisotopic (exact) mass is 287 g/mol. The fraction of sp³-hybridized carbons (Fsp3) is 0.867. The maximum atomic E-state index is 11.7.